The Labute approximate surface area is 276 Å². The van der Waals surface area contributed by atoms with Crippen LogP contribution in [0, 0.1) is 0 Å². The van der Waals surface area contributed by atoms with E-state index in [4.69, 9.17) is 16.3 Å². The minimum atomic E-state index is -4.17. The fraction of sp³-hybridized carbons (Fsp3) is 0.412. The van der Waals surface area contributed by atoms with E-state index >= 15 is 0 Å². The molecule has 1 aliphatic rings. The summed E-state index contributed by atoms with van der Waals surface area (Å²) in [5, 5.41) is 3.72. The van der Waals surface area contributed by atoms with Crippen LogP contribution in [0.15, 0.2) is 82.6 Å². The maximum absolute atomic E-state index is 14.3. The lowest BCUT2D eigenvalue weighted by Crippen LogP contribution is -2.54. The number of nitrogens with zero attached hydrogens (tertiary/aromatic N) is 2. The standard InChI is InChI=1S/C34H42ClN3O5S2/c1-4-32(34(40)36-27-9-7-6-8-10-27)37(23-25-11-13-26(35)14-12-25)33(39)24-38(28-15-17-29(18-16-28)43-5-2)45(41,42)31-21-19-30(44-3)20-22-31/h11-22,27,32H,4-10,23-24H2,1-3H3,(H,36,40)/t32-/m0/s1. The number of anilines is 1. The van der Waals surface area contributed by atoms with Crippen LogP contribution in [0.3, 0.4) is 0 Å². The first-order chi connectivity index (χ1) is 21.7. The maximum Gasteiger partial charge on any atom is 0.264 e. The quantitative estimate of drug-likeness (QED) is 0.187. The fourth-order valence-corrected chi connectivity index (χ4v) is 7.48. The number of carbonyl (C=O) groups is 2. The Hall–Kier alpha value is -3.21. The Balaban J connectivity index is 1.70. The van der Waals surface area contributed by atoms with Gasteiger partial charge >= 0.3 is 0 Å². The molecule has 2 amide bonds. The molecule has 0 spiro atoms. The van der Waals surface area contributed by atoms with E-state index in [0.29, 0.717) is 29.5 Å². The molecule has 8 nitrogen and oxygen atoms in total. The van der Waals surface area contributed by atoms with Gasteiger partial charge in [0.2, 0.25) is 11.8 Å². The number of nitrogens with one attached hydrogen (secondary N) is 1. The normalized spacial score (nSPS) is 14.4. The van der Waals surface area contributed by atoms with Gasteiger partial charge in [0, 0.05) is 22.5 Å². The third-order valence-electron chi connectivity index (χ3n) is 7.97. The highest BCUT2D eigenvalue weighted by Gasteiger charge is 2.34. The van der Waals surface area contributed by atoms with Crippen LogP contribution in [-0.2, 0) is 26.2 Å². The highest BCUT2D eigenvalue weighted by atomic mass is 35.5. The first kappa shape index (κ1) is 34.7. The lowest BCUT2D eigenvalue weighted by molar-refractivity contribution is -0.140. The van der Waals surface area contributed by atoms with Crippen LogP contribution in [0.2, 0.25) is 5.02 Å². The van der Waals surface area contributed by atoms with E-state index in [9.17, 15) is 18.0 Å². The lowest BCUT2D eigenvalue weighted by Gasteiger charge is -2.34. The third kappa shape index (κ3) is 9.17. The Morgan fingerprint density at radius 3 is 2.18 bits per heavy atom. The summed E-state index contributed by atoms with van der Waals surface area (Å²) in [6.45, 7) is 3.81. The average molecular weight is 672 g/mol. The number of ether oxygens (including phenoxy) is 1. The van der Waals surface area contributed by atoms with Crippen molar-refractivity contribution in [2.75, 3.05) is 23.7 Å². The molecule has 1 aliphatic carbocycles. The van der Waals surface area contributed by atoms with E-state index in [1.54, 1.807) is 60.7 Å². The summed E-state index contributed by atoms with van der Waals surface area (Å²) >= 11 is 7.63. The monoisotopic (exact) mass is 671 g/mol. The van der Waals surface area contributed by atoms with Crippen molar-refractivity contribution in [1.29, 1.82) is 0 Å². The van der Waals surface area contributed by atoms with Crippen LogP contribution in [0.1, 0.15) is 57.9 Å². The predicted octanol–water partition coefficient (Wildman–Crippen LogP) is 6.91. The molecule has 0 saturated heterocycles. The van der Waals surface area contributed by atoms with E-state index < -0.39 is 28.5 Å². The van der Waals surface area contributed by atoms with Gasteiger partial charge in [-0.15, -0.1) is 11.8 Å². The van der Waals surface area contributed by atoms with Crippen LogP contribution < -0.4 is 14.4 Å². The molecule has 242 valence electrons. The molecule has 11 heteroatoms. The molecule has 4 rings (SSSR count). The van der Waals surface area contributed by atoms with Gasteiger partial charge in [0.1, 0.15) is 18.3 Å². The van der Waals surface area contributed by atoms with Crippen LogP contribution >= 0.6 is 23.4 Å². The number of hydrogen-bond donors (Lipinski definition) is 1. The molecular weight excluding hydrogens is 630 g/mol. The summed E-state index contributed by atoms with van der Waals surface area (Å²) in [6, 6.07) is 19.6. The van der Waals surface area contributed by atoms with Gasteiger partial charge in [0.05, 0.1) is 17.2 Å². The van der Waals surface area contributed by atoms with Crippen LogP contribution in [0.25, 0.3) is 0 Å². The molecule has 1 N–H and O–H groups in total. The van der Waals surface area contributed by atoms with Crippen molar-refractivity contribution >= 4 is 50.9 Å². The highest BCUT2D eigenvalue weighted by Crippen LogP contribution is 2.28. The van der Waals surface area contributed by atoms with E-state index in [-0.39, 0.29) is 23.4 Å². The second kappa shape index (κ2) is 16.4. The van der Waals surface area contributed by atoms with Gasteiger partial charge in [-0.3, -0.25) is 13.9 Å². The van der Waals surface area contributed by atoms with Crippen molar-refractivity contribution in [3.8, 4) is 5.75 Å². The van der Waals surface area contributed by atoms with Crippen molar-refractivity contribution in [3.63, 3.8) is 0 Å². The number of sulfonamides is 1. The smallest absolute Gasteiger partial charge is 0.264 e. The Bertz CT molecular complexity index is 1510. The number of thioether (sulfide) groups is 1. The summed E-state index contributed by atoms with van der Waals surface area (Å²) in [5.41, 5.74) is 1.09. The zero-order valence-corrected chi connectivity index (χ0v) is 28.5. The number of carbonyl (C=O) groups excluding carboxylic acids is 2. The van der Waals surface area contributed by atoms with Gasteiger partial charge in [0.15, 0.2) is 0 Å². The number of benzene rings is 3. The van der Waals surface area contributed by atoms with Gasteiger partial charge < -0.3 is 15.0 Å². The third-order valence-corrected chi connectivity index (χ3v) is 10.7. The van der Waals surface area contributed by atoms with Gasteiger partial charge in [-0.05, 0) is 98.7 Å². The van der Waals surface area contributed by atoms with Gasteiger partial charge in [-0.1, -0.05) is 49.9 Å². The van der Waals surface area contributed by atoms with Crippen molar-refractivity contribution in [3.05, 3.63) is 83.4 Å². The minimum absolute atomic E-state index is 0.0633. The molecule has 0 heterocycles. The number of hydrogen-bond acceptors (Lipinski definition) is 6. The Morgan fingerprint density at radius 1 is 0.956 bits per heavy atom. The molecule has 1 atom stereocenters. The number of halogens is 1. The molecule has 0 unspecified atom stereocenters. The fourth-order valence-electron chi connectivity index (χ4n) is 5.53. The molecule has 0 aliphatic heterocycles. The van der Waals surface area contributed by atoms with Crippen molar-refractivity contribution < 1.29 is 22.7 Å². The van der Waals surface area contributed by atoms with Crippen LogP contribution in [-0.4, -0.2) is 56.6 Å². The van der Waals surface area contributed by atoms with Crippen LogP contribution in [0.5, 0.6) is 5.75 Å². The summed E-state index contributed by atoms with van der Waals surface area (Å²) in [6.07, 6.45) is 7.37. The summed E-state index contributed by atoms with van der Waals surface area (Å²) in [4.78, 5) is 30.5. The zero-order valence-electron chi connectivity index (χ0n) is 26.1. The van der Waals surface area contributed by atoms with Gasteiger partial charge in [-0.25, -0.2) is 8.42 Å². The molecule has 3 aromatic rings. The SMILES string of the molecule is CCOc1ccc(N(CC(=O)N(Cc2ccc(Cl)cc2)[C@@H](CC)C(=O)NC2CCCCC2)S(=O)(=O)c2ccc(SC)cc2)cc1. The molecule has 1 fully saturated rings. The molecule has 45 heavy (non-hydrogen) atoms. The molecule has 1 saturated carbocycles. The highest BCUT2D eigenvalue weighted by molar-refractivity contribution is 7.98. The van der Waals surface area contributed by atoms with E-state index in [0.717, 1.165) is 46.9 Å². The summed E-state index contributed by atoms with van der Waals surface area (Å²) < 4.78 is 35.0. The molecule has 0 radical (unpaired) electrons. The van der Waals surface area contributed by atoms with E-state index in [1.165, 1.54) is 16.7 Å². The number of rotatable bonds is 14. The Morgan fingerprint density at radius 2 is 1.60 bits per heavy atom. The molecular formula is C34H42ClN3O5S2. The topological polar surface area (TPSA) is 96.0 Å². The lowest BCUT2D eigenvalue weighted by atomic mass is 9.95. The van der Waals surface area contributed by atoms with Crippen molar-refractivity contribution in [1.82, 2.24) is 10.2 Å². The first-order valence-corrected chi connectivity index (χ1v) is 18.4. The van der Waals surface area contributed by atoms with Gasteiger partial charge in [-0.2, -0.15) is 0 Å². The zero-order chi connectivity index (χ0) is 32.4. The molecule has 0 bridgehead atoms. The van der Waals surface area contributed by atoms with Gasteiger partial charge in [0.25, 0.3) is 10.0 Å². The second-order valence-electron chi connectivity index (χ2n) is 11.0. The molecule has 3 aromatic carbocycles. The van der Waals surface area contributed by atoms with Crippen molar-refractivity contribution in [2.24, 2.45) is 0 Å². The van der Waals surface area contributed by atoms with E-state index in [1.807, 2.05) is 32.2 Å². The Kier molecular flexibility index (Phi) is 12.6. The van der Waals surface area contributed by atoms with Crippen LogP contribution in [0.4, 0.5) is 5.69 Å². The van der Waals surface area contributed by atoms with Crippen molar-refractivity contribution in [2.45, 2.75) is 80.8 Å². The van der Waals surface area contributed by atoms with E-state index in [2.05, 4.69) is 5.32 Å². The number of amides is 2. The first-order valence-electron chi connectivity index (χ1n) is 15.4. The predicted molar refractivity (Wildman–Crippen MR) is 181 cm³/mol. The summed E-state index contributed by atoms with van der Waals surface area (Å²) in [7, 11) is -4.17. The minimum Gasteiger partial charge on any atom is -0.494 e. The second-order valence-corrected chi connectivity index (χ2v) is 14.2. The summed E-state index contributed by atoms with van der Waals surface area (Å²) in [5.74, 6) is -0.132. The average Bonchev–Trinajstić information content (AvgIpc) is 3.05. The molecule has 0 aromatic heterocycles. The maximum atomic E-state index is 14.3. The largest absolute Gasteiger partial charge is 0.494 e.